The van der Waals surface area contributed by atoms with Gasteiger partial charge in [-0.1, -0.05) is 36.4 Å². The van der Waals surface area contributed by atoms with Crippen LogP contribution in [0.25, 0.3) is 10.8 Å². The lowest BCUT2D eigenvalue weighted by Gasteiger charge is -2.22. The number of benzene rings is 3. The molecule has 6 nitrogen and oxygen atoms in total. The molecule has 0 aromatic heterocycles. The lowest BCUT2D eigenvalue weighted by Crippen LogP contribution is -2.33. The van der Waals surface area contributed by atoms with Crippen LogP contribution in [0.3, 0.4) is 0 Å². The van der Waals surface area contributed by atoms with E-state index in [9.17, 15) is 32.3 Å². The summed E-state index contributed by atoms with van der Waals surface area (Å²) in [6, 6.07) is 11.8. The third-order valence-corrected chi connectivity index (χ3v) is 5.07. The molecule has 0 amide bonds. The number of aromatic carboxylic acids is 1. The molecule has 0 aliphatic heterocycles. The van der Waals surface area contributed by atoms with Gasteiger partial charge < -0.3 is 10.2 Å². The average molecular weight is 444 g/mol. The topological polar surface area (TPSA) is 109 Å². The molecule has 2 N–H and O–H groups in total. The van der Waals surface area contributed by atoms with Crippen LogP contribution in [0.4, 0.5) is 13.2 Å². The Hall–Kier alpha value is -4.01. The summed E-state index contributed by atoms with van der Waals surface area (Å²) < 4.78 is 37.0. The Bertz CT molecular complexity index is 1270. The van der Waals surface area contributed by atoms with Gasteiger partial charge in [0.15, 0.2) is 17.4 Å². The number of carbonyl (C=O) groups is 4. The second-order valence-corrected chi connectivity index (χ2v) is 6.99. The average Bonchev–Trinajstić information content (AvgIpc) is 2.76. The van der Waals surface area contributed by atoms with Gasteiger partial charge in [0.25, 0.3) is 5.78 Å². The minimum atomic E-state index is -1.63. The molecule has 0 heterocycles. The van der Waals surface area contributed by atoms with Crippen LogP contribution in [-0.2, 0) is 16.0 Å². The predicted octanol–water partition coefficient (Wildman–Crippen LogP) is 4.04. The standard InChI is InChI=1S/C16H12O4.C7H3F3O2/c17-14-12-6-5-9-3-1-2-4-10(9)11(12)7-8-13(14)15(18)16(19)20;8-4-2-6(10)5(9)1-3(4)7(11)12/h1-6,13H,7-8H2,(H,19,20);1-2H,(H,11,12). The number of Topliss-reactive ketones (excluding diaryl/α,β-unsaturated/α-hetero) is 2. The Kier molecular flexibility index (Phi) is 6.38. The summed E-state index contributed by atoms with van der Waals surface area (Å²) >= 11 is 0. The monoisotopic (exact) mass is 444 g/mol. The van der Waals surface area contributed by atoms with Gasteiger partial charge >= 0.3 is 11.9 Å². The quantitative estimate of drug-likeness (QED) is 0.359. The van der Waals surface area contributed by atoms with Gasteiger partial charge in [0.2, 0.25) is 0 Å². The number of carboxylic acid groups (broad SMARTS) is 2. The van der Waals surface area contributed by atoms with Crippen LogP contribution >= 0.6 is 0 Å². The maximum Gasteiger partial charge on any atom is 0.372 e. The molecule has 1 aliphatic carbocycles. The first-order valence-electron chi connectivity index (χ1n) is 9.31. The summed E-state index contributed by atoms with van der Waals surface area (Å²) in [5, 5.41) is 19.1. The summed E-state index contributed by atoms with van der Waals surface area (Å²) in [7, 11) is 0. The van der Waals surface area contributed by atoms with E-state index >= 15 is 0 Å². The van der Waals surface area contributed by atoms with Gasteiger partial charge in [-0.25, -0.2) is 22.8 Å². The Balaban J connectivity index is 0.000000207. The highest BCUT2D eigenvalue weighted by atomic mass is 19.2. The molecule has 0 spiro atoms. The Morgan fingerprint density at radius 2 is 1.53 bits per heavy atom. The lowest BCUT2D eigenvalue weighted by atomic mass is 9.79. The number of halogens is 3. The smallest absolute Gasteiger partial charge is 0.372 e. The highest BCUT2D eigenvalue weighted by Gasteiger charge is 2.36. The first-order valence-corrected chi connectivity index (χ1v) is 9.31. The number of aryl methyl sites for hydroxylation is 1. The van der Waals surface area contributed by atoms with Gasteiger partial charge in [0.05, 0.1) is 11.5 Å². The van der Waals surface area contributed by atoms with Crippen LogP contribution in [0.2, 0.25) is 0 Å². The first-order chi connectivity index (χ1) is 15.1. The van der Waals surface area contributed by atoms with E-state index in [1.165, 1.54) is 0 Å². The minimum absolute atomic E-state index is 0.193. The molecule has 1 unspecified atom stereocenters. The summed E-state index contributed by atoms with van der Waals surface area (Å²) in [6.07, 6.45) is 0.817. The summed E-state index contributed by atoms with van der Waals surface area (Å²) in [5.41, 5.74) is 0.519. The van der Waals surface area contributed by atoms with E-state index in [-0.39, 0.29) is 18.3 Å². The number of carbonyl (C=O) groups excluding carboxylic acids is 2. The largest absolute Gasteiger partial charge is 0.478 e. The first kappa shape index (κ1) is 22.7. The van der Waals surface area contributed by atoms with Crippen LogP contribution in [-0.4, -0.2) is 33.7 Å². The van der Waals surface area contributed by atoms with Gasteiger partial charge in [-0.15, -0.1) is 0 Å². The maximum absolute atomic E-state index is 12.5. The molecule has 4 rings (SSSR count). The molecule has 164 valence electrons. The molecule has 1 aliphatic rings. The molecule has 0 radical (unpaired) electrons. The van der Waals surface area contributed by atoms with Crippen molar-refractivity contribution in [1.29, 1.82) is 0 Å². The zero-order valence-corrected chi connectivity index (χ0v) is 16.3. The van der Waals surface area contributed by atoms with Crippen molar-refractivity contribution in [1.82, 2.24) is 0 Å². The molecule has 0 fully saturated rings. The predicted molar refractivity (Wildman–Crippen MR) is 106 cm³/mol. The number of carboxylic acids is 2. The van der Waals surface area contributed by atoms with Crippen LogP contribution in [0.5, 0.6) is 0 Å². The third kappa shape index (κ3) is 4.36. The summed E-state index contributed by atoms with van der Waals surface area (Å²) in [5.74, 6) is -9.66. The SMILES string of the molecule is O=C(O)C(=O)C1CCc2c(ccc3ccccc23)C1=O.O=C(O)c1cc(F)c(F)cc1F. The molecule has 0 saturated heterocycles. The molecular weight excluding hydrogens is 429 g/mol. The van der Waals surface area contributed by atoms with Crippen molar-refractivity contribution < 1.29 is 42.6 Å². The van der Waals surface area contributed by atoms with Crippen molar-refractivity contribution in [3.63, 3.8) is 0 Å². The fourth-order valence-corrected chi connectivity index (χ4v) is 3.53. The normalized spacial score (nSPS) is 14.8. The van der Waals surface area contributed by atoms with Crippen LogP contribution in [0.1, 0.15) is 32.7 Å². The van der Waals surface area contributed by atoms with Crippen molar-refractivity contribution in [3.05, 3.63) is 82.7 Å². The van der Waals surface area contributed by atoms with Crippen LogP contribution in [0.15, 0.2) is 48.5 Å². The molecule has 3 aromatic carbocycles. The van der Waals surface area contributed by atoms with Crippen molar-refractivity contribution in [2.45, 2.75) is 12.8 Å². The number of rotatable bonds is 3. The molecule has 9 heteroatoms. The highest BCUT2D eigenvalue weighted by molar-refractivity contribution is 6.39. The van der Waals surface area contributed by atoms with Crippen molar-refractivity contribution >= 4 is 34.3 Å². The van der Waals surface area contributed by atoms with Crippen molar-refractivity contribution in [3.8, 4) is 0 Å². The van der Waals surface area contributed by atoms with Crippen LogP contribution in [0, 0.1) is 23.4 Å². The van der Waals surface area contributed by atoms with Gasteiger partial charge in [-0.05, 0) is 35.2 Å². The van der Waals surface area contributed by atoms with Gasteiger partial charge in [0.1, 0.15) is 5.82 Å². The van der Waals surface area contributed by atoms with E-state index in [2.05, 4.69) is 0 Å². The fourth-order valence-electron chi connectivity index (χ4n) is 3.53. The molecular formula is C23H15F3O6. The number of ketones is 2. The van der Waals surface area contributed by atoms with Crippen molar-refractivity contribution in [2.24, 2.45) is 5.92 Å². The molecule has 32 heavy (non-hydrogen) atoms. The Labute approximate surface area is 178 Å². The van der Waals surface area contributed by atoms with Crippen LogP contribution < -0.4 is 0 Å². The van der Waals surface area contributed by atoms with Crippen molar-refractivity contribution in [2.75, 3.05) is 0 Å². The van der Waals surface area contributed by atoms with Gasteiger partial charge in [-0.2, -0.15) is 0 Å². The van der Waals surface area contributed by atoms with Gasteiger partial charge in [-0.3, -0.25) is 9.59 Å². The number of aliphatic carboxylic acids is 1. The second kappa shape index (κ2) is 9.01. The lowest BCUT2D eigenvalue weighted by molar-refractivity contribution is -0.150. The zero-order valence-electron chi connectivity index (χ0n) is 16.3. The third-order valence-electron chi connectivity index (χ3n) is 5.07. The second-order valence-electron chi connectivity index (χ2n) is 6.99. The number of fused-ring (bicyclic) bond motifs is 3. The van der Waals surface area contributed by atoms with E-state index in [0.29, 0.717) is 18.1 Å². The van der Waals surface area contributed by atoms with E-state index in [1.807, 2.05) is 30.3 Å². The Morgan fingerprint density at radius 1 is 0.875 bits per heavy atom. The summed E-state index contributed by atoms with van der Waals surface area (Å²) in [4.78, 5) is 44.8. The Morgan fingerprint density at radius 3 is 2.19 bits per heavy atom. The van der Waals surface area contributed by atoms with E-state index in [4.69, 9.17) is 10.2 Å². The number of hydrogen-bond acceptors (Lipinski definition) is 4. The minimum Gasteiger partial charge on any atom is -0.478 e. The van der Waals surface area contributed by atoms with Gasteiger partial charge in [0, 0.05) is 11.6 Å². The molecule has 0 bridgehead atoms. The molecule has 1 atom stereocenters. The van der Waals surface area contributed by atoms with E-state index < -0.39 is 46.7 Å². The summed E-state index contributed by atoms with van der Waals surface area (Å²) in [6.45, 7) is 0. The number of hydrogen-bond donors (Lipinski definition) is 2. The molecule has 0 saturated carbocycles. The zero-order chi connectivity index (χ0) is 23.6. The fraction of sp³-hybridized carbons (Fsp3) is 0.130. The van der Waals surface area contributed by atoms with E-state index in [1.54, 1.807) is 6.07 Å². The molecule has 3 aromatic rings. The highest BCUT2D eigenvalue weighted by Crippen LogP contribution is 2.32. The van der Waals surface area contributed by atoms with E-state index in [0.717, 1.165) is 16.3 Å². The maximum atomic E-state index is 12.5.